The molecule has 2 atom stereocenters. The Hall–Kier alpha value is -2.14. The maximum absolute atomic E-state index is 13.6. The third-order valence-electron chi connectivity index (χ3n) is 3.32. The van der Waals surface area contributed by atoms with Gasteiger partial charge in [-0.2, -0.15) is 0 Å². The third kappa shape index (κ3) is 3.92. The average molecular weight is 291 g/mol. The van der Waals surface area contributed by atoms with Crippen LogP contribution in [0.25, 0.3) is 0 Å². The summed E-state index contributed by atoms with van der Waals surface area (Å²) < 4.78 is 18.7. The molecule has 5 heteroatoms. The fourth-order valence-electron chi connectivity index (χ4n) is 2.10. The second-order valence-electron chi connectivity index (χ2n) is 4.96. The van der Waals surface area contributed by atoms with Crippen molar-refractivity contribution >= 4 is 5.91 Å². The summed E-state index contributed by atoms with van der Waals surface area (Å²) in [6.07, 6.45) is 1.78. The van der Waals surface area contributed by atoms with Gasteiger partial charge < -0.3 is 14.8 Å². The number of benzene rings is 1. The van der Waals surface area contributed by atoms with Crippen LogP contribution in [0, 0.1) is 11.7 Å². The van der Waals surface area contributed by atoms with Gasteiger partial charge in [0.25, 0.3) is 0 Å². The maximum atomic E-state index is 13.6. The minimum Gasteiger partial charge on any atom is -0.467 e. The standard InChI is InChI=1S/C16H18FNO3/c1-11(9-12-5-2-3-6-13(12)17)16(20)18-14(10-19)15-7-4-8-21-15/h2-8,11,14,19H,9-10H2,1H3,(H,18,20). The van der Waals surface area contributed by atoms with Crippen molar-refractivity contribution in [1.29, 1.82) is 0 Å². The summed E-state index contributed by atoms with van der Waals surface area (Å²) >= 11 is 0. The molecule has 1 heterocycles. The first-order chi connectivity index (χ1) is 10.1. The molecule has 0 spiro atoms. The number of hydrogen-bond acceptors (Lipinski definition) is 3. The zero-order valence-corrected chi connectivity index (χ0v) is 11.8. The summed E-state index contributed by atoms with van der Waals surface area (Å²) in [6, 6.07) is 9.17. The Morgan fingerprint density at radius 2 is 2.10 bits per heavy atom. The van der Waals surface area contributed by atoms with Crippen LogP contribution in [0.2, 0.25) is 0 Å². The molecule has 2 N–H and O–H groups in total. The summed E-state index contributed by atoms with van der Waals surface area (Å²) in [7, 11) is 0. The summed E-state index contributed by atoms with van der Waals surface area (Å²) in [5.41, 5.74) is 0.499. The van der Waals surface area contributed by atoms with E-state index in [4.69, 9.17) is 4.42 Å². The second kappa shape index (κ2) is 7.04. The second-order valence-corrected chi connectivity index (χ2v) is 4.96. The number of aliphatic hydroxyl groups is 1. The molecule has 2 aromatic rings. The van der Waals surface area contributed by atoms with Gasteiger partial charge in [-0.25, -0.2) is 4.39 Å². The summed E-state index contributed by atoms with van der Waals surface area (Å²) in [5.74, 6) is -0.495. The lowest BCUT2D eigenvalue weighted by molar-refractivity contribution is -0.125. The van der Waals surface area contributed by atoms with Gasteiger partial charge in [0, 0.05) is 5.92 Å². The van der Waals surface area contributed by atoms with Crippen molar-refractivity contribution in [1.82, 2.24) is 5.32 Å². The average Bonchev–Trinajstić information content (AvgIpc) is 3.00. The highest BCUT2D eigenvalue weighted by Gasteiger charge is 2.21. The SMILES string of the molecule is CC(Cc1ccccc1F)C(=O)NC(CO)c1ccco1. The van der Waals surface area contributed by atoms with Crippen molar-refractivity contribution < 1.29 is 18.7 Å². The maximum Gasteiger partial charge on any atom is 0.223 e. The number of halogens is 1. The zero-order valence-electron chi connectivity index (χ0n) is 11.8. The number of amides is 1. The van der Waals surface area contributed by atoms with Crippen LogP contribution in [-0.4, -0.2) is 17.6 Å². The predicted molar refractivity (Wildman–Crippen MR) is 75.9 cm³/mol. The number of carbonyl (C=O) groups excluding carboxylic acids is 1. The van der Waals surface area contributed by atoms with E-state index in [1.807, 2.05) is 0 Å². The van der Waals surface area contributed by atoms with Crippen molar-refractivity contribution in [3.63, 3.8) is 0 Å². The van der Waals surface area contributed by atoms with Crippen LogP contribution >= 0.6 is 0 Å². The van der Waals surface area contributed by atoms with Gasteiger partial charge in [0.2, 0.25) is 5.91 Å². The van der Waals surface area contributed by atoms with Crippen molar-refractivity contribution in [2.75, 3.05) is 6.61 Å². The Labute approximate surface area is 122 Å². The molecule has 0 saturated heterocycles. The molecular formula is C16H18FNO3. The Morgan fingerprint density at radius 1 is 1.33 bits per heavy atom. The van der Waals surface area contributed by atoms with Gasteiger partial charge in [-0.3, -0.25) is 4.79 Å². The Bertz CT molecular complexity index is 583. The first kappa shape index (κ1) is 15.3. The number of carbonyl (C=O) groups is 1. The topological polar surface area (TPSA) is 62.5 Å². The van der Waals surface area contributed by atoms with Gasteiger partial charge in [0.1, 0.15) is 17.6 Å². The van der Waals surface area contributed by atoms with Gasteiger partial charge in [-0.15, -0.1) is 0 Å². The molecule has 0 fully saturated rings. The molecule has 2 rings (SSSR count). The molecule has 0 saturated carbocycles. The first-order valence-electron chi connectivity index (χ1n) is 6.80. The number of aliphatic hydroxyl groups excluding tert-OH is 1. The van der Waals surface area contributed by atoms with Crippen molar-refractivity contribution in [2.45, 2.75) is 19.4 Å². The van der Waals surface area contributed by atoms with Gasteiger partial charge in [0.05, 0.1) is 12.9 Å². The molecule has 4 nitrogen and oxygen atoms in total. The molecule has 1 amide bonds. The summed E-state index contributed by atoms with van der Waals surface area (Å²) in [6.45, 7) is 1.46. The minimum absolute atomic E-state index is 0.256. The normalized spacial score (nSPS) is 13.7. The van der Waals surface area contributed by atoms with Crippen LogP contribution in [0.4, 0.5) is 4.39 Å². The summed E-state index contributed by atoms with van der Waals surface area (Å²) in [5, 5.41) is 12.0. The fraction of sp³-hybridized carbons (Fsp3) is 0.312. The molecule has 21 heavy (non-hydrogen) atoms. The Kier molecular flexibility index (Phi) is 5.11. The van der Waals surface area contributed by atoms with Gasteiger partial charge in [-0.05, 0) is 30.2 Å². The lowest BCUT2D eigenvalue weighted by Crippen LogP contribution is -2.35. The van der Waals surface area contributed by atoms with E-state index < -0.39 is 12.0 Å². The van der Waals surface area contributed by atoms with Crippen LogP contribution in [0.1, 0.15) is 24.3 Å². The van der Waals surface area contributed by atoms with Crippen molar-refractivity contribution in [2.24, 2.45) is 5.92 Å². The monoisotopic (exact) mass is 291 g/mol. The molecule has 1 aromatic heterocycles. The van der Waals surface area contributed by atoms with Crippen LogP contribution in [-0.2, 0) is 11.2 Å². The van der Waals surface area contributed by atoms with Crippen molar-refractivity contribution in [3.8, 4) is 0 Å². The number of rotatable bonds is 6. The molecule has 112 valence electrons. The highest BCUT2D eigenvalue weighted by Crippen LogP contribution is 2.16. The van der Waals surface area contributed by atoms with E-state index in [1.54, 1.807) is 37.3 Å². The molecule has 0 radical (unpaired) electrons. The Morgan fingerprint density at radius 3 is 2.71 bits per heavy atom. The van der Waals surface area contributed by atoms with E-state index in [1.165, 1.54) is 12.3 Å². The van der Waals surface area contributed by atoms with E-state index in [0.717, 1.165) is 0 Å². The number of hydrogen-bond donors (Lipinski definition) is 2. The van der Waals surface area contributed by atoms with E-state index in [9.17, 15) is 14.3 Å². The van der Waals surface area contributed by atoms with E-state index in [-0.39, 0.29) is 18.3 Å². The molecular weight excluding hydrogens is 273 g/mol. The number of furan rings is 1. The molecule has 1 aromatic carbocycles. The van der Waals surface area contributed by atoms with Gasteiger partial charge in [-0.1, -0.05) is 25.1 Å². The third-order valence-corrected chi connectivity index (χ3v) is 3.32. The van der Waals surface area contributed by atoms with E-state index >= 15 is 0 Å². The number of nitrogens with one attached hydrogen (secondary N) is 1. The highest BCUT2D eigenvalue weighted by atomic mass is 19.1. The predicted octanol–water partition coefficient (Wildman–Crippen LogP) is 2.45. The minimum atomic E-state index is -0.587. The Balaban J connectivity index is 1.98. The van der Waals surface area contributed by atoms with Crippen LogP contribution in [0.3, 0.4) is 0 Å². The van der Waals surface area contributed by atoms with Crippen LogP contribution in [0.5, 0.6) is 0 Å². The highest BCUT2D eigenvalue weighted by molar-refractivity contribution is 5.79. The van der Waals surface area contributed by atoms with Gasteiger partial charge >= 0.3 is 0 Å². The zero-order chi connectivity index (χ0) is 15.2. The largest absolute Gasteiger partial charge is 0.467 e. The lowest BCUT2D eigenvalue weighted by atomic mass is 9.99. The van der Waals surface area contributed by atoms with E-state index in [0.29, 0.717) is 17.7 Å². The van der Waals surface area contributed by atoms with Crippen LogP contribution < -0.4 is 5.32 Å². The van der Waals surface area contributed by atoms with E-state index in [2.05, 4.69) is 5.32 Å². The lowest BCUT2D eigenvalue weighted by Gasteiger charge is -2.18. The molecule has 0 aliphatic carbocycles. The smallest absolute Gasteiger partial charge is 0.223 e. The van der Waals surface area contributed by atoms with Crippen molar-refractivity contribution in [3.05, 3.63) is 59.8 Å². The molecule has 0 bridgehead atoms. The molecule has 2 unspecified atom stereocenters. The first-order valence-corrected chi connectivity index (χ1v) is 6.80. The quantitative estimate of drug-likeness (QED) is 0.859. The van der Waals surface area contributed by atoms with Gasteiger partial charge in [0.15, 0.2) is 0 Å². The molecule has 0 aliphatic rings. The summed E-state index contributed by atoms with van der Waals surface area (Å²) in [4.78, 5) is 12.1. The molecule has 0 aliphatic heterocycles. The van der Waals surface area contributed by atoms with Crippen LogP contribution in [0.15, 0.2) is 47.1 Å². The fourth-order valence-corrected chi connectivity index (χ4v) is 2.10.